The molecule has 0 bridgehead atoms. The maximum Gasteiger partial charge on any atom is 0.308 e. The molecule has 2 saturated carbocycles. The third-order valence-electron chi connectivity index (χ3n) is 4.81. The summed E-state index contributed by atoms with van der Waals surface area (Å²) in [5.41, 5.74) is -0.215. The highest BCUT2D eigenvalue weighted by molar-refractivity contribution is 5.77. The van der Waals surface area contributed by atoms with Crippen LogP contribution in [0, 0.1) is 5.92 Å². The lowest BCUT2D eigenvalue weighted by Gasteiger charge is -2.40. The van der Waals surface area contributed by atoms with Crippen molar-refractivity contribution < 1.29 is 19.1 Å². The van der Waals surface area contributed by atoms with E-state index in [-0.39, 0.29) is 29.4 Å². The summed E-state index contributed by atoms with van der Waals surface area (Å²) in [5.74, 6) is -0.0410. The average molecular weight is 283 g/mol. The van der Waals surface area contributed by atoms with Gasteiger partial charge in [0.05, 0.1) is 25.0 Å². The van der Waals surface area contributed by atoms with Crippen LogP contribution in [0.25, 0.3) is 0 Å². The van der Waals surface area contributed by atoms with Crippen LogP contribution in [0.2, 0.25) is 0 Å². The van der Waals surface area contributed by atoms with Crippen molar-refractivity contribution in [2.75, 3.05) is 14.2 Å². The van der Waals surface area contributed by atoms with Crippen molar-refractivity contribution in [3.05, 3.63) is 0 Å². The number of rotatable bonds is 5. The maximum atomic E-state index is 12.1. The standard InChI is InChI=1S/C15H25NO4/c1-19-14(18)11-4-6-12(7-5-11)16-13(17)10-15(20-2)8-3-9-15/h11-12H,3-10H2,1-2H3,(H,16,17). The predicted molar refractivity (Wildman–Crippen MR) is 74.1 cm³/mol. The van der Waals surface area contributed by atoms with Gasteiger partial charge in [-0.1, -0.05) is 0 Å². The summed E-state index contributed by atoms with van der Waals surface area (Å²) in [7, 11) is 3.12. The normalized spacial score (nSPS) is 28.3. The fourth-order valence-corrected chi connectivity index (χ4v) is 3.24. The number of esters is 1. The quantitative estimate of drug-likeness (QED) is 0.781. The third-order valence-corrected chi connectivity index (χ3v) is 4.81. The lowest BCUT2D eigenvalue weighted by atomic mass is 9.77. The number of carbonyl (C=O) groups excluding carboxylic acids is 2. The van der Waals surface area contributed by atoms with Crippen LogP contribution < -0.4 is 5.32 Å². The molecule has 1 N–H and O–H groups in total. The first-order valence-corrected chi connectivity index (χ1v) is 7.51. The van der Waals surface area contributed by atoms with Crippen molar-refractivity contribution in [1.29, 1.82) is 0 Å². The van der Waals surface area contributed by atoms with E-state index >= 15 is 0 Å². The van der Waals surface area contributed by atoms with Crippen LogP contribution in [0.1, 0.15) is 51.4 Å². The van der Waals surface area contributed by atoms with E-state index in [1.807, 2.05) is 0 Å². The Hall–Kier alpha value is -1.10. The highest BCUT2D eigenvalue weighted by Crippen LogP contribution is 2.38. The van der Waals surface area contributed by atoms with Gasteiger partial charge in [0, 0.05) is 13.2 Å². The molecule has 0 saturated heterocycles. The number of hydrogen-bond acceptors (Lipinski definition) is 4. The Bertz CT molecular complexity index is 351. The molecular formula is C15H25NO4. The molecule has 5 heteroatoms. The van der Waals surface area contributed by atoms with Crippen molar-refractivity contribution in [3.8, 4) is 0 Å². The number of methoxy groups -OCH3 is 2. The second kappa shape index (κ2) is 6.57. The molecule has 0 radical (unpaired) electrons. The van der Waals surface area contributed by atoms with Crippen LogP contribution in [0.4, 0.5) is 0 Å². The summed E-state index contributed by atoms with van der Waals surface area (Å²) in [6.07, 6.45) is 6.86. The first-order chi connectivity index (χ1) is 9.58. The summed E-state index contributed by atoms with van der Waals surface area (Å²) in [5, 5.41) is 3.08. The SMILES string of the molecule is COC(=O)C1CCC(NC(=O)CC2(OC)CCC2)CC1. The minimum absolute atomic E-state index is 0.00472. The van der Waals surface area contributed by atoms with Gasteiger partial charge in [-0.2, -0.15) is 0 Å². The fraction of sp³-hybridized carbons (Fsp3) is 0.867. The molecule has 2 aliphatic carbocycles. The zero-order chi connectivity index (χ0) is 14.6. The monoisotopic (exact) mass is 283 g/mol. The number of hydrogen-bond donors (Lipinski definition) is 1. The van der Waals surface area contributed by atoms with Crippen LogP contribution in [0.5, 0.6) is 0 Å². The molecular weight excluding hydrogens is 258 g/mol. The van der Waals surface area contributed by atoms with Crippen LogP contribution in [-0.2, 0) is 19.1 Å². The zero-order valence-electron chi connectivity index (χ0n) is 12.4. The number of nitrogens with one attached hydrogen (secondary N) is 1. The fourth-order valence-electron chi connectivity index (χ4n) is 3.24. The molecule has 0 heterocycles. The molecule has 0 atom stereocenters. The van der Waals surface area contributed by atoms with E-state index in [4.69, 9.17) is 9.47 Å². The Morgan fingerprint density at radius 1 is 1.15 bits per heavy atom. The van der Waals surface area contributed by atoms with E-state index < -0.39 is 0 Å². The number of carbonyl (C=O) groups is 2. The molecule has 0 aromatic carbocycles. The molecule has 2 fully saturated rings. The van der Waals surface area contributed by atoms with Gasteiger partial charge in [-0.3, -0.25) is 9.59 Å². The molecule has 0 spiro atoms. The molecule has 0 unspecified atom stereocenters. The lowest BCUT2D eigenvalue weighted by molar-refractivity contribution is -0.146. The summed E-state index contributed by atoms with van der Waals surface area (Å²) in [6.45, 7) is 0. The topological polar surface area (TPSA) is 64.6 Å². The lowest BCUT2D eigenvalue weighted by Crippen LogP contribution is -2.46. The van der Waals surface area contributed by atoms with Gasteiger partial charge < -0.3 is 14.8 Å². The third kappa shape index (κ3) is 3.51. The Labute approximate surface area is 120 Å². The van der Waals surface area contributed by atoms with Crippen LogP contribution >= 0.6 is 0 Å². The molecule has 5 nitrogen and oxygen atoms in total. The molecule has 1 amide bonds. The Morgan fingerprint density at radius 2 is 1.80 bits per heavy atom. The zero-order valence-corrected chi connectivity index (χ0v) is 12.4. The van der Waals surface area contributed by atoms with Crippen molar-refractivity contribution in [3.63, 3.8) is 0 Å². The number of ether oxygens (including phenoxy) is 2. The summed E-state index contributed by atoms with van der Waals surface area (Å²) in [4.78, 5) is 23.5. The van der Waals surface area contributed by atoms with E-state index in [0.717, 1.165) is 44.9 Å². The van der Waals surface area contributed by atoms with Gasteiger partial charge in [0.25, 0.3) is 0 Å². The highest BCUT2D eigenvalue weighted by atomic mass is 16.5. The van der Waals surface area contributed by atoms with E-state index in [2.05, 4.69) is 5.32 Å². The van der Waals surface area contributed by atoms with E-state index in [1.165, 1.54) is 7.11 Å². The van der Waals surface area contributed by atoms with Gasteiger partial charge in [-0.15, -0.1) is 0 Å². The van der Waals surface area contributed by atoms with Gasteiger partial charge in [0.1, 0.15) is 0 Å². The van der Waals surface area contributed by atoms with Crippen molar-refractivity contribution in [2.24, 2.45) is 5.92 Å². The smallest absolute Gasteiger partial charge is 0.308 e. The van der Waals surface area contributed by atoms with Crippen molar-refractivity contribution in [2.45, 2.75) is 63.0 Å². The largest absolute Gasteiger partial charge is 0.469 e. The molecule has 0 aromatic heterocycles. The van der Waals surface area contributed by atoms with Crippen LogP contribution in [-0.4, -0.2) is 37.7 Å². The highest BCUT2D eigenvalue weighted by Gasteiger charge is 2.39. The number of amides is 1. The molecule has 2 aliphatic rings. The van der Waals surface area contributed by atoms with Gasteiger partial charge >= 0.3 is 5.97 Å². The second-order valence-corrected chi connectivity index (χ2v) is 6.06. The van der Waals surface area contributed by atoms with Gasteiger partial charge in [-0.25, -0.2) is 0 Å². The first kappa shape index (κ1) is 15.3. The molecule has 0 aromatic rings. The van der Waals surface area contributed by atoms with E-state index in [9.17, 15) is 9.59 Å². The van der Waals surface area contributed by atoms with Crippen LogP contribution in [0.15, 0.2) is 0 Å². The molecule has 2 rings (SSSR count). The average Bonchev–Trinajstić information content (AvgIpc) is 2.43. The van der Waals surface area contributed by atoms with Crippen molar-refractivity contribution >= 4 is 11.9 Å². The van der Waals surface area contributed by atoms with Gasteiger partial charge in [0.15, 0.2) is 0 Å². The Morgan fingerprint density at radius 3 is 2.25 bits per heavy atom. The molecule has 0 aliphatic heterocycles. The summed E-state index contributed by atoms with van der Waals surface area (Å²) in [6, 6.07) is 0.192. The summed E-state index contributed by atoms with van der Waals surface area (Å²) >= 11 is 0. The first-order valence-electron chi connectivity index (χ1n) is 7.51. The predicted octanol–water partition coefficient (Wildman–Crippen LogP) is 1.79. The van der Waals surface area contributed by atoms with Crippen molar-refractivity contribution in [1.82, 2.24) is 5.32 Å². The van der Waals surface area contributed by atoms with Crippen LogP contribution in [0.3, 0.4) is 0 Å². The Kier molecular flexibility index (Phi) is 5.02. The second-order valence-electron chi connectivity index (χ2n) is 6.06. The minimum Gasteiger partial charge on any atom is -0.469 e. The van der Waals surface area contributed by atoms with E-state index in [0.29, 0.717) is 6.42 Å². The molecule has 20 heavy (non-hydrogen) atoms. The van der Waals surface area contributed by atoms with Gasteiger partial charge in [-0.05, 0) is 44.9 Å². The van der Waals surface area contributed by atoms with E-state index in [1.54, 1.807) is 7.11 Å². The molecule has 114 valence electrons. The maximum absolute atomic E-state index is 12.1. The summed E-state index contributed by atoms with van der Waals surface area (Å²) < 4.78 is 10.2. The minimum atomic E-state index is -0.215. The Balaban J connectivity index is 1.72. The van der Waals surface area contributed by atoms with Gasteiger partial charge in [0.2, 0.25) is 5.91 Å².